The van der Waals surface area contributed by atoms with Gasteiger partial charge in [0.1, 0.15) is 18.2 Å². The Bertz CT molecular complexity index is 1370. The lowest BCUT2D eigenvalue weighted by Crippen LogP contribution is -2.22. The highest BCUT2D eigenvalue weighted by Gasteiger charge is 2.33. The first-order valence-corrected chi connectivity index (χ1v) is 14.1. The molecule has 192 valence electrons. The van der Waals surface area contributed by atoms with Crippen molar-refractivity contribution in [1.82, 2.24) is 9.97 Å². The number of aromatic nitrogens is 2. The summed E-state index contributed by atoms with van der Waals surface area (Å²) in [5, 5.41) is 19.5. The lowest BCUT2D eigenvalue weighted by atomic mass is 10.00. The standard InChI is InChI=1S/C23H24Cl2N4O5S2/c1-12-5-16(7-14(12)10-34-36(26,32)33)29-23-18(9-27-11-28-23)21(31)19-8-17(22(25)35-19)20(30)13-3-2-4-15(24)6-13/h2-4,6,8-9,11-12,14,16,20,30H,5,7,10H2,1H3,(H2,26,32,33)(H,27,28,29)/t12-,14+,16-,20?/m0/s1. The van der Waals surface area contributed by atoms with Crippen LogP contribution in [0.1, 0.15) is 52.2 Å². The zero-order valence-electron chi connectivity index (χ0n) is 19.1. The number of carbonyl (C=O) groups is 1. The summed E-state index contributed by atoms with van der Waals surface area (Å²) in [6.07, 6.45) is 3.08. The zero-order chi connectivity index (χ0) is 26.0. The molecule has 36 heavy (non-hydrogen) atoms. The number of anilines is 1. The van der Waals surface area contributed by atoms with Crippen molar-refractivity contribution in [2.75, 3.05) is 11.9 Å². The summed E-state index contributed by atoms with van der Waals surface area (Å²) in [6, 6.07) is 8.30. The van der Waals surface area contributed by atoms with E-state index in [9.17, 15) is 18.3 Å². The van der Waals surface area contributed by atoms with Gasteiger partial charge >= 0.3 is 10.3 Å². The number of aliphatic hydroxyl groups is 1. The second-order valence-electron chi connectivity index (χ2n) is 8.74. The maximum atomic E-state index is 13.4. The van der Waals surface area contributed by atoms with E-state index in [1.165, 1.54) is 12.5 Å². The minimum Gasteiger partial charge on any atom is -0.384 e. The van der Waals surface area contributed by atoms with Crippen molar-refractivity contribution in [2.24, 2.45) is 17.0 Å². The normalized spacial score (nSPS) is 20.9. The van der Waals surface area contributed by atoms with Gasteiger partial charge in [-0.15, -0.1) is 11.3 Å². The van der Waals surface area contributed by atoms with Gasteiger partial charge in [0.25, 0.3) is 0 Å². The third kappa shape index (κ3) is 6.41. The number of carbonyl (C=O) groups excluding carboxylic acids is 1. The van der Waals surface area contributed by atoms with Crippen molar-refractivity contribution >= 4 is 56.4 Å². The van der Waals surface area contributed by atoms with Crippen molar-refractivity contribution in [3.8, 4) is 0 Å². The van der Waals surface area contributed by atoms with Gasteiger partial charge in [0, 0.05) is 22.8 Å². The van der Waals surface area contributed by atoms with E-state index in [4.69, 9.17) is 32.5 Å². The van der Waals surface area contributed by atoms with Gasteiger partial charge in [-0.05, 0) is 48.4 Å². The van der Waals surface area contributed by atoms with Crippen LogP contribution in [0.2, 0.25) is 9.36 Å². The van der Waals surface area contributed by atoms with Crippen LogP contribution in [-0.2, 0) is 14.5 Å². The van der Waals surface area contributed by atoms with E-state index in [-0.39, 0.29) is 35.8 Å². The molecule has 2 heterocycles. The van der Waals surface area contributed by atoms with Crippen molar-refractivity contribution in [1.29, 1.82) is 0 Å². The number of benzene rings is 1. The molecule has 4 rings (SSSR count). The van der Waals surface area contributed by atoms with Gasteiger partial charge in [-0.25, -0.2) is 15.1 Å². The number of ketones is 1. The molecule has 0 aliphatic heterocycles. The molecule has 1 aliphatic rings. The zero-order valence-corrected chi connectivity index (χ0v) is 22.2. The molecule has 0 saturated heterocycles. The number of nitrogens with zero attached hydrogens (tertiary/aromatic N) is 2. The Balaban J connectivity index is 1.51. The molecule has 9 nitrogen and oxygen atoms in total. The molecule has 1 saturated carbocycles. The van der Waals surface area contributed by atoms with Gasteiger partial charge in [-0.1, -0.05) is 42.3 Å². The number of aliphatic hydroxyl groups excluding tert-OH is 1. The fraction of sp³-hybridized carbons (Fsp3) is 0.348. The Morgan fingerprint density at radius 1 is 1.33 bits per heavy atom. The minimum atomic E-state index is -4.01. The summed E-state index contributed by atoms with van der Waals surface area (Å²) in [6.45, 7) is 2.00. The van der Waals surface area contributed by atoms with E-state index in [0.717, 1.165) is 17.8 Å². The second kappa shape index (κ2) is 11.1. The summed E-state index contributed by atoms with van der Waals surface area (Å²) in [7, 11) is -4.01. The Morgan fingerprint density at radius 2 is 2.11 bits per heavy atom. The number of nitrogens with two attached hydrogens (primary N) is 1. The van der Waals surface area contributed by atoms with Crippen molar-refractivity contribution in [3.63, 3.8) is 0 Å². The second-order valence-corrected chi connectivity index (χ2v) is 12.1. The van der Waals surface area contributed by atoms with Crippen LogP contribution >= 0.6 is 34.5 Å². The Hall–Kier alpha value is -2.12. The maximum Gasteiger partial charge on any atom is 0.333 e. The van der Waals surface area contributed by atoms with Crippen molar-refractivity contribution < 1.29 is 22.5 Å². The summed E-state index contributed by atoms with van der Waals surface area (Å²) in [5.74, 6) is 0.182. The molecule has 0 bridgehead atoms. The number of hydrogen-bond donors (Lipinski definition) is 3. The van der Waals surface area contributed by atoms with E-state index in [1.54, 1.807) is 30.3 Å². The highest BCUT2D eigenvalue weighted by atomic mass is 35.5. The first-order valence-electron chi connectivity index (χ1n) is 11.0. The molecule has 0 spiro atoms. The lowest BCUT2D eigenvalue weighted by molar-refractivity contribution is 0.104. The van der Waals surface area contributed by atoms with E-state index in [2.05, 4.69) is 15.3 Å². The van der Waals surface area contributed by atoms with Crippen LogP contribution in [-0.4, -0.2) is 41.9 Å². The van der Waals surface area contributed by atoms with E-state index in [1.807, 2.05) is 6.92 Å². The summed E-state index contributed by atoms with van der Waals surface area (Å²) in [4.78, 5) is 22.0. The molecular weight excluding hydrogens is 547 g/mol. The van der Waals surface area contributed by atoms with Gasteiger partial charge in [-0.3, -0.25) is 8.98 Å². The summed E-state index contributed by atoms with van der Waals surface area (Å²) >= 11 is 13.5. The monoisotopic (exact) mass is 570 g/mol. The topological polar surface area (TPSA) is 144 Å². The summed E-state index contributed by atoms with van der Waals surface area (Å²) < 4.78 is 27.3. The first-order chi connectivity index (χ1) is 17.0. The number of nitrogens with one attached hydrogen (secondary N) is 1. The largest absolute Gasteiger partial charge is 0.384 e. The van der Waals surface area contributed by atoms with Crippen LogP contribution in [0.15, 0.2) is 42.9 Å². The Kier molecular flexibility index (Phi) is 8.30. The van der Waals surface area contributed by atoms with E-state index in [0.29, 0.717) is 37.6 Å². The van der Waals surface area contributed by atoms with Crippen molar-refractivity contribution in [2.45, 2.75) is 31.9 Å². The maximum absolute atomic E-state index is 13.4. The van der Waals surface area contributed by atoms with Crippen LogP contribution in [0, 0.1) is 11.8 Å². The molecule has 3 aromatic rings. The fourth-order valence-electron chi connectivity index (χ4n) is 4.34. The molecule has 0 radical (unpaired) electrons. The first kappa shape index (κ1) is 26.9. The van der Waals surface area contributed by atoms with Crippen molar-refractivity contribution in [3.05, 3.63) is 73.8 Å². The average molecular weight is 572 g/mol. The number of thiophene rings is 1. The van der Waals surface area contributed by atoms with E-state index >= 15 is 0 Å². The smallest absolute Gasteiger partial charge is 0.333 e. The Morgan fingerprint density at radius 3 is 2.83 bits per heavy atom. The molecule has 4 atom stereocenters. The number of halogens is 2. The van der Waals surface area contributed by atoms with Gasteiger partial charge in [0.05, 0.1) is 21.4 Å². The quantitative estimate of drug-likeness (QED) is 0.324. The van der Waals surface area contributed by atoms with Gasteiger partial charge in [-0.2, -0.15) is 8.42 Å². The Labute approximate surface area is 222 Å². The lowest BCUT2D eigenvalue weighted by Gasteiger charge is -2.15. The predicted molar refractivity (Wildman–Crippen MR) is 139 cm³/mol. The number of hydrogen-bond acceptors (Lipinski definition) is 9. The van der Waals surface area contributed by atoms with Gasteiger partial charge in [0.15, 0.2) is 0 Å². The molecular formula is C23H24Cl2N4O5S2. The predicted octanol–water partition coefficient (Wildman–Crippen LogP) is 4.20. The van der Waals surface area contributed by atoms with E-state index < -0.39 is 16.4 Å². The number of rotatable bonds is 9. The molecule has 1 aromatic carbocycles. The summed E-state index contributed by atoms with van der Waals surface area (Å²) in [5.41, 5.74) is 1.22. The fourth-order valence-corrected chi connectivity index (χ4v) is 6.18. The van der Waals surface area contributed by atoms with Gasteiger partial charge < -0.3 is 10.4 Å². The molecule has 4 N–H and O–H groups in total. The molecule has 2 aromatic heterocycles. The van der Waals surface area contributed by atoms with Crippen LogP contribution in [0.5, 0.6) is 0 Å². The van der Waals surface area contributed by atoms with Crippen LogP contribution in [0.4, 0.5) is 5.82 Å². The molecule has 1 fully saturated rings. The molecule has 0 amide bonds. The molecule has 13 heteroatoms. The third-order valence-electron chi connectivity index (χ3n) is 6.19. The molecule has 1 aliphatic carbocycles. The van der Waals surface area contributed by atoms with Crippen LogP contribution < -0.4 is 10.5 Å². The third-order valence-corrected chi connectivity index (χ3v) is 8.28. The van der Waals surface area contributed by atoms with Crippen LogP contribution in [0.3, 0.4) is 0 Å². The highest BCUT2D eigenvalue weighted by molar-refractivity contribution is 7.84. The molecule has 1 unspecified atom stereocenters. The SMILES string of the molecule is C[C@H]1C[C@H](Nc2ncncc2C(=O)c2cc(C(O)c3cccc(Cl)c3)c(Cl)s2)C[C@@H]1COS(N)(=O)=O. The van der Waals surface area contributed by atoms with Crippen LogP contribution in [0.25, 0.3) is 0 Å². The van der Waals surface area contributed by atoms with Gasteiger partial charge in [0.2, 0.25) is 5.78 Å². The minimum absolute atomic E-state index is 0.000828. The average Bonchev–Trinajstić information content (AvgIpc) is 3.38. The highest BCUT2D eigenvalue weighted by Crippen LogP contribution is 2.38.